The average molecular weight is 372 g/mol. The molecule has 0 aliphatic carbocycles. The Kier molecular flexibility index (Phi) is 4.88. The van der Waals surface area contributed by atoms with Crippen molar-refractivity contribution in [3.63, 3.8) is 0 Å². The molecule has 1 aromatic heterocycles. The molecule has 2 aliphatic rings. The van der Waals surface area contributed by atoms with Crippen LogP contribution in [-0.4, -0.2) is 59.7 Å². The SMILES string of the molecule is Cc1c(O)ccc2c(CN3CCN(C(=O)C4CCCO4)CC3)cc(=O)oc12. The van der Waals surface area contributed by atoms with Gasteiger partial charge in [-0.3, -0.25) is 9.69 Å². The van der Waals surface area contributed by atoms with Gasteiger partial charge in [-0.15, -0.1) is 0 Å². The lowest BCUT2D eigenvalue weighted by Gasteiger charge is -2.35. The number of phenolic OH excluding ortho intramolecular Hbond substituents is 1. The molecule has 4 rings (SSSR count). The fourth-order valence-corrected chi connectivity index (χ4v) is 3.89. The van der Waals surface area contributed by atoms with Crippen LogP contribution in [0.1, 0.15) is 24.0 Å². The number of aryl methyl sites for hydroxylation is 1. The van der Waals surface area contributed by atoms with Crippen molar-refractivity contribution in [1.29, 1.82) is 0 Å². The minimum absolute atomic E-state index is 0.101. The molecule has 144 valence electrons. The van der Waals surface area contributed by atoms with Crippen molar-refractivity contribution >= 4 is 16.9 Å². The smallest absolute Gasteiger partial charge is 0.336 e. The van der Waals surface area contributed by atoms with Gasteiger partial charge < -0.3 is 19.2 Å². The van der Waals surface area contributed by atoms with Crippen LogP contribution < -0.4 is 5.63 Å². The largest absolute Gasteiger partial charge is 0.508 e. The molecule has 7 heteroatoms. The van der Waals surface area contributed by atoms with Crippen LogP contribution in [0.25, 0.3) is 11.0 Å². The molecule has 2 aromatic rings. The molecule has 1 aromatic carbocycles. The number of nitrogens with zero attached hydrogens (tertiary/aromatic N) is 2. The maximum atomic E-state index is 12.5. The highest BCUT2D eigenvalue weighted by molar-refractivity contribution is 5.84. The van der Waals surface area contributed by atoms with Crippen LogP contribution in [0.3, 0.4) is 0 Å². The van der Waals surface area contributed by atoms with Crippen molar-refractivity contribution in [2.45, 2.75) is 32.4 Å². The van der Waals surface area contributed by atoms with E-state index in [1.54, 1.807) is 19.1 Å². The molecule has 1 N–H and O–H groups in total. The molecular formula is C20H24N2O5. The third kappa shape index (κ3) is 3.57. The van der Waals surface area contributed by atoms with E-state index < -0.39 is 5.63 Å². The molecule has 2 saturated heterocycles. The highest BCUT2D eigenvalue weighted by atomic mass is 16.5. The number of benzene rings is 1. The standard InChI is InChI=1S/C20H24N2O5/c1-13-16(23)5-4-15-14(11-18(24)27-19(13)15)12-21-6-8-22(9-7-21)20(25)17-3-2-10-26-17/h4-5,11,17,23H,2-3,6-10,12H2,1H3. The highest BCUT2D eigenvalue weighted by Gasteiger charge is 2.30. The molecule has 2 fully saturated rings. The zero-order valence-corrected chi connectivity index (χ0v) is 15.4. The molecule has 7 nitrogen and oxygen atoms in total. The van der Waals surface area contributed by atoms with Gasteiger partial charge in [-0.1, -0.05) is 0 Å². The van der Waals surface area contributed by atoms with Crippen molar-refractivity contribution in [2.75, 3.05) is 32.8 Å². The molecule has 0 spiro atoms. The summed E-state index contributed by atoms with van der Waals surface area (Å²) in [4.78, 5) is 28.5. The summed E-state index contributed by atoms with van der Waals surface area (Å²) < 4.78 is 10.8. The van der Waals surface area contributed by atoms with Gasteiger partial charge in [0, 0.05) is 56.3 Å². The van der Waals surface area contributed by atoms with Crippen LogP contribution in [0, 0.1) is 6.92 Å². The Balaban J connectivity index is 1.47. The maximum absolute atomic E-state index is 12.5. The number of fused-ring (bicyclic) bond motifs is 1. The summed E-state index contributed by atoms with van der Waals surface area (Å²) in [6.45, 7) is 5.84. The summed E-state index contributed by atoms with van der Waals surface area (Å²) in [6.07, 6.45) is 1.50. The number of ether oxygens (including phenoxy) is 1. The second-order valence-corrected chi connectivity index (χ2v) is 7.28. The van der Waals surface area contributed by atoms with Crippen LogP contribution in [0.4, 0.5) is 0 Å². The molecular weight excluding hydrogens is 348 g/mol. The lowest BCUT2D eigenvalue weighted by Crippen LogP contribution is -2.51. The number of carbonyl (C=O) groups is 1. The van der Waals surface area contributed by atoms with Gasteiger partial charge in [-0.05, 0) is 37.5 Å². The summed E-state index contributed by atoms with van der Waals surface area (Å²) in [5.41, 5.74) is 1.46. The predicted octanol–water partition coefficient (Wildman–Crippen LogP) is 1.63. The number of phenols is 1. The van der Waals surface area contributed by atoms with Gasteiger partial charge in [0.1, 0.15) is 17.4 Å². The van der Waals surface area contributed by atoms with E-state index in [2.05, 4.69) is 4.90 Å². The highest BCUT2D eigenvalue weighted by Crippen LogP contribution is 2.28. The Labute approximate surface area is 157 Å². The van der Waals surface area contributed by atoms with Gasteiger partial charge >= 0.3 is 5.63 Å². The van der Waals surface area contributed by atoms with Crippen LogP contribution >= 0.6 is 0 Å². The Bertz CT molecular complexity index is 908. The first-order chi connectivity index (χ1) is 13.0. The lowest BCUT2D eigenvalue weighted by molar-refractivity contribution is -0.142. The Morgan fingerprint density at radius 1 is 1.26 bits per heavy atom. The van der Waals surface area contributed by atoms with E-state index in [1.807, 2.05) is 4.90 Å². The molecule has 27 heavy (non-hydrogen) atoms. The third-order valence-corrected chi connectivity index (χ3v) is 5.50. The first kappa shape index (κ1) is 18.0. The molecule has 0 saturated carbocycles. The molecule has 1 atom stereocenters. The first-order valence-corrected chi connectivity index (χ1v) is 9.41. The van der Waals surface area contributed by atoms with E-state index in [0.29, 0.717) is 37.4 Å². The second kappa shape index (κ2) is 7.32. The summed E-state index contributed by atoms with van der Waals surface area (Å²) in [5, 5.41) is 10.7. The van der Waals surface area contributed by atoms with E-state index in [1.165, 1.54) is 6.07 Å². The Morgan fingerprint density at radius 2 is 2.04 bits per heavy atom. The van der Waals surface area contributed by atoms with Gasteiger partial charge in [-0.2, -0.15) is 0 Å². The number of aromatic hydroxyl groups is 1. The van der Waals surface area contributed by atoms with Crippen molar-refractivity contribution in [3.8, 4) is 5.75 Å². The number of carbonyl (C=O) groups excluding carboxylic acids is 1. The number of amides is 1. The van der Waals surface area contributed by atoms with Gasteiger partial charge in [0.15, 0.2) is 0 Å². The van der Waals surface area contributed by atoms with E-state index in [-0.39, 0.29) is 17.8 Å². The van der Waals surface area contributed by atoms with Crippen molar-refractivity contribution in [1.82, 2.24) is 9.80 Å². The molecule has 2 aliphatic heterocycles. The molecule has 0 radical (unpaired) electrons. The maximum Gasteiger partial charge on any atom is 0.336 e. The lowest BCUT2D eigenvalue weighted by atomic mass is 10.1. The van der Waals surface area contributed by atoms with E-state index in [4.69, 9.17) is 9.15 Å². The second-order valence-electron chi connectivity index (χ2n) is 7.28. The van der Waals surface area contributed by atoms with E-state index in [0.717, 1.165) is 36.9 Å². The summed E-state index contributed by atoms with van der Waals surface area (Å²) in [6, 6.07) is 4.93. The number of piperazine rings is 1. The molecule has 3 heterocycles. The van der Waals surface area contributed by atoms with Crippen molar-refractivity contribution in [3.05, 3.63) is 39.7 Å². The normalized spacial score (nSPS) is 21.1. The van der Waals surface area contributed by atoms with Crippen LogP contribution in [0.2, 0.25) is 0 Å². The molecule has 1 unspecified atom stereocenters. The zero-order chi connectivity index (χ0) is 19.0. The third-order valence-electron chi connectivity index (χ3n) is 5.50. The zero-order valence-electron chi connectivity index (χ0n) is 15.4. The van der Waals surface area contributed by atoms with Gasteiger partial charge in [0.05, 0.1) is 0 Å². The van der Waals surface area contributed by atoms with Crippen molar-refractivity contribution in [2.24, 2.45) is 0 Å². The van der Waals surface area contributed by atoms with Crippen LogP contribution in [-0.2, 0) is 16.1 Å². The summed E-state index contributed by atoms with van der Waals surface area (Å²) >= 11 is 0. The Hall–Kier alpha value is -2.38. The molecule has 1 amide bonds. The number of hydrogen-bond donors (Lipinski definition) is 1. The minimum atomic E-state index is -0.418. The number of rotatable bonds is 3. The average Bonchev–Trinajstić information content (AvgIpc) is 3.20. The van der Waals surface area contributed by atoms with Crippen LogP contribution in [0.15, 0.2) is 27.4 Å². The fourth-order valence-electron chi connectivity index (χ4n) is 3.89. The van der Waals surface area contributed by atoms with Gasteiger partial charge in [-0.25, -0.2) is 4.79 Å². The van der Waals surface area contributed by atoms with Crippen molar-refractivity contribution < 1.29 is 19.1 Å². The van der Waals surface area contributed by atoms with Gasteiger partial charge in [0.2, 0.25) is 0 Å². The quantitative estimate of drug-likeness (QED) is 0.825. The molecule has 0 bridgehead atoms. The summed E-state index contributed by atoms with van der Waals surface area (Å²) in [5.74, 6) is 0.216. The first-order valence-electron chi connectivity index (χ1n) is 9.41. The van der Waals surface area contributed by atoms with E-state index in [9.17, 15) is 14.7 Å². The fraction of sp³-hybridized carbons (Fsp3) is 0.500. The van der Waals surface area contributed by atoms with Crippen LogP contribution in [0.5, 0.6) is 5.75 Å². The van der Waals surface area contributed by atoms with Gasteiger partial charge in [0.25, 0.3) is 5.91 Å². The Morgan fingerprint density at radius 3 is 2.74 bits per heavy atom. The van der Waals surface area contributed by atoms with E-state index >= 15 is 0 Å². The summed E-state index contributed by atoms with van der Waals surface area (Å²) in [7, 11) is 0. The monoisotopic (exact) mass is 372 g/mol. The predicted molar refractivity (Wildman–Crippen MR) is 99.7 cm³/mol. The number of hydrogen-bond acceptors (Lipinski definition) is 6. The minimum Gasteiger partial charge on any atom is -0.508 e. The topological polar surface area (TPSA) is 83.2 Å².